The number of nitrogens with zero attached hydrogens (tertiary/aromatic N) is 2. The van der Waals surface area contributed by atoms with Gasteiger partial charge in [0.1, 0.15) is 5.82 Å². The Hall–Kier alpha value is -0.960. The summed E-state index contributed by atoms with van der Waals surface area (Å²) in [5.41, 5.74) is 0.784. The Kier molecular flexibility index (Phi) is 1.81. The van der Waals surface area contributed by atoms with Crippen LogP contribution in [-0.4, -0.2) is 16.4 Å². The molecule has 1 aliphatic heterocycles. The first-order chi connectivity index (χ1) is 5.81. The Morgan fingerprint density at radius 1 is 1.75 bits per heavy atom. The fourth-order valence-electron chi connectivity index (χ4n) is 1.32. The van der Waals surface area contributed by atoms with Crippen LogP contribution in [0.15, 0.2) is 17.3 Å². The van der Waals surface area contributed by atoms with Crippen molar-refractivity contribution in [3.05, 3.63) is 17.8 Å². The monoisotopic (exact) mass is 183 g/mol. The van der Waals surface area contributed by atoms with Crippen LogP contribution >= 0.6 is 11.6 Å². The van der Waals surface area contributed by atoms with Gasteiger partial charge in [0.25, 0.3) is 0 Å². The molecule has 0 saturated carbocycles. The number of fused-ring (bicyclic) bond motifs is 1. The average molecular weight is 184 g/mol. The zero-order chi connectivity index (χ0) is 8.55. The lowest BCUT2D eigenvalue weighted by Gasteiger charge is -2.16. The molecule has 3 nitrogen and oxygen atoms in total. The van der Waals surface area contributed by atoms with Crippen molar-refractivity contribution in [1.82, 2.24) is 4.57 Å². The predicted octanol–water partition coefficient (Wildman–Crippen LogP) is 1.87. The summed E-state index contributed by atoms with van der Waals surface area (Å²) in [5, 5.41) is 3.09. The van der Waals surface area contributed by atoms with Crippen LogP contribution in [0.25, 0.3) is 0 Å². The molecule has 0 aromatic carbocycles. The van der Waals surface area contributed by atoms with E-state index in [-0.39, 0.29) is 5.62 Å². The number of halogens is 1. The van der Waals surface area contributed by atoms with Crippen molar-refractivity contribution in [3.8, 4) is 0 Å². The molecule has 1 aromatic rings. The van der Waals surface area contributed by atoms with Crippen molar-refractivity contribution in [1.29, 1.82) is 0 Å². The minimum Gasteiger partial charge on any atom is -0.337 e. The number of alkyl halides is 1. The topological polar surface area (TPSA) is 29.3 Å². The van der Waals surface area contributed by atoms with Crippen molar-refractivity contribution >= 4 is 23.6 Å². The first-order valence-electron chi connectivity index (χ1n) is 3.94. The van der Waals surface area contributed by atoms with E-state index < -0.39 is 0 Å². The molecule has 0 radical (unpaired) electrons. The number of hydrogen-bond donors (Lipinski definition) is 1. The number of anilines is 1. The van der Waals surface area contributed by atoms with Crippen LogP contribution in [0.1, 0.15) is 12.5 Å². The quantitative estimate of drug-likeness (QED) is 0.523. The maximum Gasteiger partial charge on any atom is 0.196 e. The van der Waals surface area contributed by atoms with Gasteiger partial charge in [0.15, 0.2) is 5.62 Å². The van der Waals surface area contributed by atoms with Crippen LogP contribution in [0.5, 0.6) is 0 Å². The van der Waals surface area contributed by atoms with Gasteiger partial charge >= 0.3 is 0 Å². The molecule has 0 aliphatic carbocycles. The Balaban J connectivity index is 2.43. The van der Waals surface area contributed by atoms with E-state index in [0.717, 1.165) is 17.9 Å². The summed E-state index contributed by atoms with van der Waals surface area (Å²) in [7, 11) is 0. The second kappa shape index (κ2) is 2.83. The highest BCUT2D eigenvalue weighted by Gasteiger charge is 2.13. The fourth-order valence-corrected chi connectivity index (χ4v) is 1.48. The van der Waals surface area contributed by atoms with Gasteiger partial charge in [0, 0.05) is 24.5 Å². The predicted molar refractivity (Wildman–Crippen MR) is 51.0 cm³/mol. The third-order valence-corrected chi connectivity index (χ3v) is 2.16. The molecule has 12 heavy (non-hydrogen) atoms. The molecule has 1 aromatic heterocycles. The lowest BCUT2D eigenvalue weighted by molar-refractivity contribution is 0.765. The maximum atomic E-state index is 5.81. The molecule has 2 rings (SSSR count). The van der Waals surface area contributed by atoms with Gasteiger partial charge in [-0.1, -0.05) is 11.6 Å². The van der Waals surface area contributed by atoms with Gasteiger partial charge in [-0.3, -0.25) is 4.99 Å². The third kappa shape index (κ3) is 1.10. The summed E-state index contributed by atoms with van der Waals surface area (Å²) in [4.78, 5) is 4.03. The number of aryl methyl sites for hydroxylation is 1. The maximum absolute atomic E-state index is 5.81. The molecule has 0 amide bonds. The van der Waals surface area contributed by atoms with E-state index in [2.05, 4.69) is 21.8 Å². The van der Waals surface area contributed by atoms with Gasteiger partial charge in [0.05, 0.1) is 0 Å². The zero-order valence-corrected chi connectivity index (χ0v) is 7.54. The van der Waals surface area contributed by atoms with Crippen molar-refractivity contribution in [2.75, 3.05) is 5.32 Å². The molecule has 0 bridgehead atoms. The average Bonchev–Trinajstić information content (AvgIpc) is 2.46. The van der Waals surface area contributed by atoms with Crippen LogP contribution in [0.2, 0.25) is 0 Å². The smallest absolute Gasteiger partial charge is 0.196 e. The molecule has 64 valence electrons. The van der Waals surface area contributed by atoms with Crippen molar-refractivity contribution < 1.29 is 0 Å². The largest absolute Gasteiger partial charge is 0.337 e. The second-order valence-corrected chi connectivity index (χ2v) is 3.08. The normalized spacial score (nSPS) is 20.3. The molecule has 0 spiro atoms. The summed E-state index contributed by atoms with van der Waals surface area (Å²) < 4.78 is 2.11. The molecule has 1 N–H and O–H groups in total. The molecular weight excluding hydrogens is 174 g/mol. The summed E-state index contributed by atoms with van der Waals surface area (Å²) in [5.74, 6) is 1.06. The van der Waals surface area contributed by atoms with Crippen LogP contribution in [-0.2, 0) is 6.54 Å². The molecule has 0 fully saturated rings. The molecule has 0 saturated heterocycles. The zero-order valence-electron chi connectivity index (χ0n) is 6.79. The van der Waals surface area contributed by atoms with Crippen LogP contribution in [0, 0.1) is 0 Å². The molecule has 2 heterocycles. The summed E-state index contributed by atoms with van der Waals surface area (Å²) in [6, 6.07) is 2.03. The highest BCUT2D eigenvalue weighted by molar-refractivity contribution is 6.22. The molecule has 1 unspecified atom stereocenters. The minimum atomic E-state index is -0.322. The lowest BCUT2D eigenvalue weighted by atomic mass is 10.3. The van der Waals surface area contributed by atoms with Crippen LogP contribution < -0.4 is 5.32 Å². The van der Waals surface area contributed by atoms with E-state index in [0.29, 0.717) is 0 Å². The number of hydrogen-bond acceptors (Lipinski definition) is 2. The van der Waals surface area contributed by atoms with E-state index in [1.54, 1.807) is 6.21 Å². The van der Waals surface area contributed by atoms with Crippen LogP contribution in [0.3, 0.4) is 0 Å². The van der Waals surface area contributed by atoms with Crippen molar-refractivity contribution in [3.63, 3.8) is 0 Å². The molecule has 4 heteroatoms. The van der Waals surface area contributed by atoms with Gasteiger partial charge < -0.3 is 9.88 Å². The SMILES string of the molecule is CCn1ccc2c1NC(Cl)N=C2. The molecule has 1 aliphatic rings. The Morgan fingerprint density at radius 3 is 3.33 bits per heavy atom. The van der Waals surface area contributed by atoms with E-state index >= 15 is 0 Å². The Labute approximate surface area is 76.1 Å². The third-order valence-electron chi connectivity index (χ3n) is 1.94. The van der Waals surface area contributed by atoms with E-state index in [1.165, 1.54) is 0 Å². The standard InChI is InChI=1S/C8H10ClN3/c1-2-12-4-3-6-5-10-8(9)11-7(6)12/h3-5,8,11H,2H2,1H3. The number of nitrogens with one attached hydrogen (secondary N) is 1. The van der Waals surface area contributed by atoms with Gasteiger partial charge in [-0.25, -0.2) is 0 Å². The van der Waals surface area contributed by atoms with E-state index in [4.69, 9.17) is 11.6 Å². The first kappa shape index (κ1) is 7.68. The minimum absolute atomic E-state index is 0.322. The van der Waals surface area contributed by atoms with Gasteiger partial charge in [-0.05, 0) is 13.0 Å². The number of aromatic nitrogens is 1. The van der Waals surface area contributed by atoms with Gasteiger partial charge in [-0.15, -0.1) is 0 Å². The van der Waals surface area contributed by atoms with Crippen molar-refractivity contribution in [2.24, 2.45) is 4.99 Å². The first-order valence-corrected chi connectivity index (χ1v) is 4.38. The fraction of sp³-hybridized carbons (Fsp3) is 0.375. The molecule has 1 atom stereocenters. The number of aliphatic imine (C=N–C) groups is 1. The van der Waals surface area contributed by atoms with Gasteiger partial charge in [0.2, 0.25) is 0 Å². The van der Waals surface area contributed by atoms with Crippen molar-refractivity contribution in [2.45, 2.75) is 19.1 Å². The molecular formula is C8H10ClN3. The number of rotatable bonds is 1. The lowest BCUT2D eigenvalue weighted by Crippen LogP contribution is -2.17. The van der Waals surface area contributed by atoms with E-state index in [9.17, 15) is 0 Å². The summed E-state index contributed by atoms with van der Waals surface area (Å²) in [6.07, 6.45) is 3.83. The second-order valence-electron chi connectivity index (χ2n) is 2.66. The Morgan fingerprint density at radius 2 is 2.58 bits per heavy atom. The van der Waals surface area contributed by atoms with E-state index in [1.807, 2.05) is 12.3 Å². The van der Waals surface area contributed by atoms with Crippen LogP contribution in [0.4, 0.5) is 5.82 Å². The summed E-state index contributed by atoms with van der Waals surface area (Å²) >= 11 is 5.81. The summed E-state index contributed by atoms with van der Waals surface area (Å²) in [6.45, 7) is 3.04. The van der Waals surface area contributed by atoms with Gasteiger partial charge in [-0.2, -0.15) is 0 Å². The highest BCUT2D eigenvalue weighted by Crippen LogP contribution is 2.21. The highest BCUT2D eigenvalue weighted by atomic mass is 35.5. The Bertz CT molecular complexity index is 316.